The summed E-state index contributed by atoms with van der Waals surface area (Å²) in [5.41, 5.74) is 2.45. The number of hydrogen-bond acceptors (Lipinski definition) is 1. The van der Waals surface area contributed by atoms with E-state index in [2.05, 4.69) is 18.2 Å². The van der Waals surface area contributed by atoms with Crippen molar-refractivity contribution in [2.45, 2.75) is 0 Å². The molecule has 1 aromatic heterocycles. The van der Waals surface area contributed by atoms with E-state index < -0.39 is 0 Å². The number of carbonyl (C=O) groups is 1. The van der Waals surface area contributed by atoms with Crippen molar-refractivity contribution in [1.29, 1.82) is 0 Å². The first-order valence-corrected chi connectivity index (χ1v) is 7.41. The molecule has 3 heteroatoms. The molecule has 0 atom stereocenters. The largest absolute Gasteiger partial charge is 0.299 e. The highest BCUT2D eigenvalue weighted by molar-refractivity contribution is 6.34. The van der Waals surface area contributed by atoms with Gasteiger partial charge in [0.05, 0.1) is 16.8 Å². The van der Waals surface area contributed by atoms with Crippen molar-refractivity contribution in [3.8, 4) is 5.69 Å². The van der Waals surface area contributed by atoms with Crippen LogP contribution in [0.4, 0.5) is 0 Å². The van der Waals surface area contributed by atoms with E-state index in [0.29, 0.717) is 10.7 Å². The monoisotopic (exact) mass is 305 g/mol. The molecule has 22 heavy (non-hydrogen) atoms. The zero-order chi connectivity index (χ0) is 15.1. The van der Waals surface area contributed by atoms with Crippen LogP contribution < -0.4 is 0 Å². The van der Waals surface area contributed by atoms with Gasteiger partial charge in [0.15, 0.2) is 6.29 Å². The average Bonchev–Trinajstić information content (AvgIpc) is 2.85. The summed E-state index contributed by atoms with van der Waals surface area (Å²) in [7, 11) is 0. The normalized spacial score (nSPS) is 11.1. The Labute approximate surface area is 132 Å². The van der Waals surface area contributed by atoms with Crippen molar-refractivity contribution in [3.63, 3.8) is 0 Å². The molecule has 106 valence electrons. The highest BCUT2D eigenvalue weighted by Gasteiger charge is 2.17. The maximum Gasteiger partial charge on any atom is 0.153 e. The molecular formula is C19H12ClNO. The Balaban J connectivity index is 2.18. The predicted molar refractivity (Wildman–Crippen MR) is 91.2 cm³/mol. The quantitative estimate of drug-likeness (QED) is 0.464. The third-order valence-corrected chi connectivity index (χ3v) is 4.35. The van der Waals surface area contributed by atoms with Crippen LogP contribution in [0.3, 0.4) is 0 Å². The van der Waals surface area contributed by atoms with Gasteiger partial charge < -0.3 is 0 Å². The minimum atomic E-state index is 0.451. The maximum absolute atomic E-state index is 11.5. The van der Waals surface area contributed by atoms with Crippen LogP contribution in [-0.4, -0.2) is 10.9 Å². The molecule has 0 saturated carbocycles. The number of nitrogens with zero attached hydrogens (tertiary/aromatic N) is 1. The third-order valence-electron chi connectivity index (χ3n) is 3.98. The molecule has 3 aromatic carbocycles. The van der Waals surface area contributed by atoms with Crippen LogP contribution in [0.25, 0.3) is 27.4 Å². The van der Waals surface area contributed by atoms with E-state index in [0.717, 1.165) is 33.6 Å². The van der Waals surface area contributed by atoms with Crippen LogP contribution in [0.1, 0.15) is 10.4 Å². The minimum Gasteiger partial charge on any atom is -0.299 e. The van der Waals surface area contributed by atoms with E-state index in [1.54, 1.807) is 0 Å². The molecule has 0 unspecified atom stereocenters. The fourth-order valence-electron chi connectivity index (χ4n) is 2.98. The zero-order valence-electron chi connectivity index (χ0n) is 11.7. The molecule has 0 N–H and O–H groups in total. The number of fused-ring (bicyclic) bond motifs is 2. The number of carbonyl (C=O) groups excluding carboxylic acids is 1. The number of para-hydroxylation sites is 1. The number of hydrogen-bond donors (Lipinski definition) is 0. The highest BCUT2D eigenvalue weighted by Crippen LogP contribution is 2.34. The summed E-state index contributed by atoms with van der Waals surface area (Å²) in [6, 6.07) is 22.0. The topological polar surface area (TPSA) is 22.0 Å². The van der Waals surface area contributed by atoms with E-state index >= 15 is 0 Å². The Morgan fingerprint density at radius 1 is 0.818 bits per heavy atom. The van der Waals surface area contributed by atoms with Gasteiger partial charge >= 0.3 is 0 Å². The van der Waals surface area contributed by atoms with Crippen molar-refractivity contribution in [2.75, 3.05) is 0 Å². The first-order chi connectivity index (χ1) is 10.8. The van der Waals surface area contributed by atoms with E-state index in [-0.39, 0.29) is 0 Å². The lowest BCUT2D eigenvalue weighted by atomic mass is 10.1. The smallest absolute Gasteiger partial charge is 0.153 e. The SMILES string of the molecule is O=Cc1c(Cl)n(-c2cccc3ccccc23)c2ccccc12. The molecule has 0 aliphatic rings. The fraction of sp³-hybridized carbons (Fsp3) is 0. The van der Waals surface area contributed by atoms with Gasteiger partial charge in [-0.25, -0.2) is 0 Å². The second-order valence-electron chi connectivity index (χ2n) is 5.17. The Morgan fingerprint density at radius 2 is 1.50 bits per heavy atom. The number of benzene rings is 3. The van der Waals surface area contributed by atoms with Crippen LogP contribution in [0.15, 0.2) is 66.7 Å². The fourth-order valence-corrected chi connectivity index (χ4v) is 3.31. The standard InChI is InChI=1S/C19H12ClNO/c20-19-16(12-22)15-9-3-4-10-18(15)21(19)17-11-5-7-13-6-1-2-8-14(13)17/h1-12H. The van der Waals surface area contributed by atoms with Crippen molar-refractivity contribution >= 4 is 39.6 Å². The van der Waals surface area contributed by atoms with Gasteiger partial charge in [-0.2, -0.15) is 0 Å². The zero-order valence-corrected chi connectivity index (χ0v) is 12.4. The van der Waals surface area contributed by atoms with Gasteiger partial charge in [0.1, 0.15) is 5.15 Å². The summed E-state index contributed by atoms with van der Waals surface area (Å²) in [5, 5.41) is 3.56. The van der Waals surface area contributed by atoms with Crippen molar-refractivity contribution in [2.24, 2.45) is 0 Å². The van der Waals surface area contributed by atoms with E-state index in [1.165, 1.54) is 0 Å². The molecule has 4 aromatic rings. The van der Waals surface area contributed by atoms with Crippen molar-refractivity contribution < 1.29 is 4.79 Å². The molecule has 0 aliphatic heterocycles. The number of aromatic nitrogens is 1. The summed E-state index contributed by atoms with van der Waals surface area (Å²) < 4.78 is 1.95. The summed E-state index contributed by atoms with van der Waals surface area (Å²) >= 11 is 6.52. The summed E-state index contributed by atoms with van der Waals surface area (Å²) in [6.07, 6.45) is 0.826. The lowest BCUT2D eigenvalue weighted by Crippen LogP contribution is -1.95. The van der Waals surface area contributed by atoms with Gasteiger partial charge in [-0.3, -0.25) is 9.36 Å². The van der Waals surface area contributed by atoms with E-state index in [9.17, 15) is 4.79 Å². The van der Waals surface area contributed by atoms with Gasteiger partial charge in [-0.15, -0.1) is 0 Å². The molecule has 0 saturated heterocycles. The Kier molecular flexibility index (Phi) is 2.98. The van der Waals surface area contributed by atoms with Crippen LogP contribution in [0.5, 0.6) is 0 Å². The lowest BCUT2D eigenvalue weighted by Gasteiger charge is -2.11. The van der Waals surface area contributed by atoms with Crippen LogP contribution in [0, 0.1) is 0 Å². The third kappa shape index (κ3) is 1.78. The first-order valence-electron chi connectivity index (χ1n) is 7.03. The van der Waals surface area contributed by atoms with E-state index in [1.807, 2.05) is 53.1 Å². The van der Waals surface area contributed by atoms with Gasteiger partial charge in [-0.05, 0) is 17.5 Å². The number of rotatable bonds is 2. The van der Waals surface area contributed by atoms with Gasteiger partial charge in [-0.1, -0.05) is 66.2 Å². The van der Waals surface area contributed by atoms with Crippen LogP contribution in [0.2, 0.25) is 5.15 Å². The predicted octanol–water partition coefficient (Wildman–Crippen LogP) is 5.25. The van der Waals surface area contributed by atoms with Crippen molar-refractivity contribution in [1.82, 2.24) is 4.57 Å². The Morgan fingerprint density at radius 3 is 2.32 bits per heavy atom. The molecule has 0 amide bonds. The van der Waals surface area contributed by atoms with E-state index in [4.69, 9.17) is 11.6 Å². The summed E-state index contributed by atoms with van der Waals surface area (Å²) in [4.78, 5) is 11.5. The molecule has 0 spiro atoms. The second-order valence-corrected chi connectivity index (χ2v) is 5.53. The molecule has 0 radical (unpaired) electrons. The van der Waals surface area contributed by atoms with Crippen LogP contribution in [-0.2, 0) is 0 Å². The van der Waals surface area contributed by atoms with Crippen molar-refractivity contribution in [3.05, 3.63) is 77.4 Å². The average molecular weight is 306 g/mol. The van der Waals surface area contributed by atoms with Gasteiger partial charge in [0.25, 0.3) is 0 Å². The Bertz CT molecular complexity index is 1010. The molecule has 0 fully saturated rings. The second kappa shape index (κ2) is 5.00. The molecule has 1 heterocycles. The van der Waals surface area contributed by atoms with Crippen LogP contribution >= 0.6 is 11.6 Å². The summed E-state index contributed by atoms with van der Waals surface area (Å²) in [6.45, 7) is 0. The molecule has 4 rings (SSSR count). The molecular weight excluding hydrogens is 294 g/mol. The highest BCUT2D eigenvalue weighted by atomic mass is 35.5. The first kappa shape index (κ1) is 13.1. The number of halogens is 1. The van der Waals surface area contributed by atoms with Gasteiger partial charge in [0.2, 0.25) is 0 Å². The maximum atomic E-state index is 11.5. The summed E-state index contributed by atoms with van der Waals surface area (Å²) in [5.74, 6) is 0. The molecule has 0 bridgehead atoms. The molecule has 2 nitrogen and oxygen atoms in total. The minimum absolute atomic E-state index is 0.451. The Hall–Kier alpha value is -2.58. The van der Waals surface area contributed by atoms with Gasteiger partial charge in [0, 0.05) is 10.8 Å². The molecule has 0 aliphatic carbocycles. The lowest BCUT2D eigenvalue weighted by molar-refractivity contribution is 0.112. The number of aldehydes is 1.